The maximum absolute atomic E-state index is 11.8. The molecule has 1 atom stereocenters. The Morgan fingerprint density at radius 2 is 2.10 bits per heavy atom. The van der Waals surface area contributed by atoms with Crippen LogP contribution in [0.25, 0.3) is 0 Å². The number of hydrogen-bond donors (Lipinski definition) is 3. The van der Waals surface area contributed by atoms with E-state index in [1.54, 1.807) is 4.72 Å². The topological polar surface area (TPSA) is 147 Å². The van der Waals surface area contributed by atoms with Gasteiger partial charge in [-0.3, -0.25) is 14.9 Å². The van der Waals surface area contributed by atoms with Gasteiger partial charge in [0.05, 0.1) is 16.4 Å². The predicted octanol–water partition coefficient (Wildman–Crippen LogP) is -0.0280. The molecule has 0 saturated carbocycles. The Morgan fingerprint density at radius 1 is 1.50 bits per heavy atom. The van der Waals surface area contributed by atoms with Crippen molar-refractivity contribution in [2.75, 3.05) is 6.61 Å². The van der Waals surface area contributed by atoms with Crippen LogP contribution in [0.4, 0.5) is 5.69 Å². The van der Waals surface area contributed by atoms with Crippen LogP contribution < -0.4 is 4.72 Å². The number of benzene rings is 1. The maximum Gasteiger partial charge on any atom is 0.324 e. The molecule has 0 amide bonds. The Bertz CT molecular complexity index is 646. The lowest BCUT2D eigenvalue weighted by Gasteiger charge is -2.12. The molecule has 0 bridgehead atoms. The third kappa shape index (κ3) is 3.63. The minimum absolute atomic E-state index is 0.258. The lowest BCUT2D eigenvalue weighted by atomic mass is 10.3. The van der Waals surface area contributed by atoms with E-state index in [1.807, 2.05) is 0 Å². The number of nitro groups is 1. The van der Waals surface area contributed by atoms with E-state index in [1.165, 1.54) is 0 Å². The van der Waals surface area contributed by atoms with Gasteiger partial charge in [0, 0.05) is 6.07 Å². The smallest absolute Gasteiger partial charge is 0.324 e. The molecule has 0 aliphatic heterocycles. The molecule has 0 saturated heterocycles. The van der Waals surface area contributed by atoms with Crippen molar-refractivity contribution in [2.45, 2.75) is 10.9 Å². The van der Waals surface area contributed by atoms with Gasteiger partial charge in [0.1, 0.15) is 11.1 Å². The van der Waals surface area contributed by atoms with E-state index in [-0.39, 0.29) is 5.02 Å². The number of sulfonamides is 1. The van der Waals surface area contributed by atoms with Gasteiger partial charge < -0.3 is 10.2 Å². The Morgan fingerprint density at radius 3 is 2.55 bits per heavy atom. The summed E-state index contributed by atoms with van der Waals surface area (Å²) in [5.74, 6) is -1.58. The van der Waals surface area contributed by atoms with Gasteiger partial charge >= 0.3 is 5.97 Å². The number of nitro benzene ring substituents is 1. The summed E-state index contributed by atoms with van der Waals surface area (Å²) in [5, 5.41) is 27.8. The van der Waals surface area contributed by atoms with Gasteiger partial charge in [-0.2, -0.15) is 4.72 Å². The number of carboxylic acids is 1. The molecule has 0 aliphatic carbocycles. The number of aliphatic hydroxyl groups is 1. The van der Waals surface area contributed by atoms with E-state index < -0.39 is 44.1 Å². The third-order valence-electron chi connectivity index (χ3n) is 2.20. The Kier molecular flexibility index (Phi) is 5.00. The first-order chi connectivity index (χ1) is 9.19. The second-order valence-electron chi connectivity index (χ2n) is 3.57. The SMILES string of the molecule is O=C(O)[C@@H](CO)NS(=O)(=O)c1ccc(Cl)c([N+](=O)[O-])c1. The number of halogens is 1. The molecule has 9 nitrogen and oxygen atoms in total. The average molecular weight is 325 g/mol. The summed E-state index contributed by atoms with van der Waals surface area (Å²) < 4.78 is 25.4. The van der Waals surface area contributed by atoms with Gasteiger partial charge in [-0.1, -0.05) is 11.6 Å². The van der Waals surface area contributed by atoms with Crippen molar-refractivity contribution in [3.05, 3.63) is 33.3 Å². The van der Waals surface area contributed by atoms with Crippen molar-refractivity contribution < 1.29 is 28.3 Å². The summed E-state index contributed by atoms with van der Waals surface area (Å²) in [6.07, 6.45) is 0. The predicted molar refractivity (Wildman–Crippen MR) is 66.9 cm³/mol. The largest absolute Gasteiger partial charge is 0.480 e. The summed E-state index contributed by atoms with van der Waals surface area (Å²) >= 11 is 5.53. The van der Waals surface area contributed by atoms with Crippen LogP contribution >= 0.6 is 11.6 Å². The van der Waals surface area contributed by atoms with Gasteiger partial charge in [0.15, 0.2) is 0 Å². The molecule has 0 radical (unpaired) electrons. The number of nitrogens with zero attached hydrogens (tertiary/aromatic N) is 1. The molecule has 0 heterocycles. The summed E-state index contributed by atoms with van der Waals surface area (Å²) in [7, 11) is -4.34. The summed E-state index contributed by atoms with van der Waals surface area (Å²) in [6.45, 7) is -0.968. The Labute approximate surface area is 118 Å². The minimum atomic E-state index is -4.34. The molecule has 0 aromatic heterocycles. The van der Waals surface area contributed by atoms with Crippen LogP contribution in [0, 0.1) is 10.1 Å². The molecule has 1 aromatic carbocycles. The molecule has 1 rings (SSSR count). The third-order valence-corrected chi connectivity index (χ3v) is 3.99. The molecule has 11 heteroatoms. The molecule has 20 heavy (non-hydrogen) atoms. The molecular weight excluding hydrogens is 316 g/mol. The monoisotopic (exact) mass is 324 g/mol. The quantitative estimate of drug-likeness (QED) is 0.491. The van der Waals surface area contributed by atoms with Crippen molar-refractivity contribution in [3.63, 3.8) is 0 Å². The number of rotatable bonds is 6. The lowest BCUT2D eigenvalue weighted by molar-refractivity contribution is -0.384. The molecule has 110 valence electrons. The van der Waals surface area contributed by atoms with E-state index in [2.05, 4.69) is 0 Å². The van der Waals surface area contributed by atoms with Crippen molar-refractivity contribution in [3.8, 4) is 0 Å². The standard InChI is InChI=1S/C9H9ClN2O7S/c10-6-2-1-5(3-8(6)12(16)17)20(18,19)11-7(4-13)9(14)15/h1-3,7,11,13H,4H2,(H,14,15)/t7-/m1/s1. The number of aliphatic carboxylic acids is 1. The van der Waals surface area contributed by atoms with Crippen LogP contribution in [0.15, 0.2) is 23.1 Å². The normalized spacial score (nSPS) is 12.9. The highest BCUT2D eigenvalue weighted by molar-refractivity contribution is 7.89. The first-order valence-electron chi connectivity index (χ1n) is 4.99. The molecule has 1 aromatic rings. The van der Waals surface area contributed by atoms with Crippen LogP contribution in [0.5, 0.6) is 0 Å². The highest BCUT2D eigenvalue weighted by Crippen LogP contribution is 2.27. The van der Waals surface area contributed by atoms with Gasteiger partial charge in [-0.05, 0) is 12.1 Å². The average Bonchev–Trinajstić information content (AvgIpc) is 2.35. The maximum atomic E-state index is 11.8. The highest BCUT2D eigenvalue weighted by Gasteiger charge is 2.26. The zero-order valence-corrected chi connectivity index (χ0v) is 11.3. The van der Waals surface area contributed by atoms with E-state index in [0.717, 1.165) is 12.1 Å². The summed E-state index contributed by atoms with van der Waals surface area (Å²) in [6, 6.07) is 0.924. The van der Waals surface area contributed by atoms with Crippen LogP contribution in [-0.2, 0) is 14.8 Å². The van der Waals surface area contributed by atoms with Crippen molar-refractivity contribution in [2.24, 2.45) is 0 Å². The van der Waals surface area contributed by atoms with Crippen molar-refractivity contribution in [1.82, 2.24) is 4.72 Å². The molecule has 0 unspecified atom stereocenters. The number of hydrogen-bond acceptors (Lipinski definition) is 6. The Hall–Kier alpha value is -1.75. The fourth-order valence-corrected chi connectivity index (χ4v) is 2.61. The molecular formula is C9H9ClN2O7S. The molecule has 3 N–H and O–H groups in total. The van der Waals surface area contributed by atoms with Gasteiger partial charge in [-0.25, -0.2) is 8.42 Å². The van der Waals surface area contributed by atoms with Crippen LogP contribution in [-0.4, -0.2) is 42.2 Å². The number of aliphatic hydroxyl groups excluding tert-OH is 1. The fourth-order valence-electron chi connectivity index (χ4n) is 1.22. The van der Waals surface area contributed by atoms with Gasteiger partial charge in [-0.15, -0.1) is 0 Å². The Balaban J connectivity index is 3.19. The number of carbonyl (C=O) groups is 1. The van der Waals surface area contributed by atoms with E-state index in [9.17, 15) is 23.3 Å². The van der Waals surface area contributed by atoms with E-state index in [4.69, 9.17) is 21.8 Å². The highest BCUT2D eigenvalue weighted by atomic mass is 35.5. The zero-order chi connectivity index (χ0) is 15.5. The second-order valence-corrected chi connectivity index (χ2v) is 5.69. The zero-order valence-electron chi connectivity index (χ0n) is 9.69. The van der Waals surface area contributed by atoms with E-state index in [0.29, 0.717) is 6.07 Å². The van der Waals surface area contributed by atoms with Crippen LogP contribution in [0.2, 0.25) is 5.02 Å². The van der Waals surface area contributed by atoms with Gasteiger partial charge in [0.25, 0.3) is 5.69 Å². The van der Waals surface area contributed by atoms with E-state index >= 15 is 0 Å². The summed E-state index contributed by atoms with van der Waals surface area (Å²) in [5.41, 5.74) is -0.634. The fraction of sp³-hybridized carbons (Fsp3) is 0.222. The number of nitrogens with one attached hydrogen (secondary N) is 1. The van der Waals surface area contributed by atoms with Gasteiger partial charge in [0.2, 0.25) is 10.0 Å². The summed E-state index contributed by atoms with van der Waals surface area (Å²) in [4.78, 5) is 19.9. The number of carboxylic acid groups (broad SMARTS) is 1. The van der Waals surface area contributed by atoms with Crippen molar-refractivity contribution in [1.29, 1.82) is 0 Å². The molecule has 0 aliphatic rings. The first kappa shape index (κ1) is 16.3. The van der Waals surface area contributed by atoms with Crippen LogP contribution in [0.3, 0.4) is 0 Å². The minimum Gasteiger partial charge on any atom is -0.480 e. The molecule has 0 fully saturated rings. The second kappa shape index (κ2) is 6.13. The van der Waals surface area contributed by atoms with Crippen molar-refractivity contribution >= 4 is 33.3 Å². The lowest BCUT2D eigenvalue weighted by Crippen LogP contribution is -2.43. The van der Waals surface area contributed by atoms with Crippen LogP contribution in [0.1, 0.15) is 0 Å². The molecule has 0 spiro atoms. The first-order valence-corrected chi connectivity index (χ1v) is 6.85.